The number of aliphatic hydroxyl groups excluding tert-OH is 1. The molecule has 1 fully saturated rings. The van der Waals surface area contributed by atoms with E-state index in [1.54, 1.807) is 7.11 Å². The van der Waals surface area contributed by atoms with E-state index in [4.69, 9.17) is 9.47 Å². The molecule has 1 aliphatic carbocycles. The highest BCUT2D eigenvalue weighted by atomic mass is 16.5. The minimum absolute atomic E-state index is 0.0136. The number of hydrogen-bond acceptors (Lipinski definition) is 3. The van der Waals surface area contributed by atoms with Crippen LogP contribution in [-0.2, 0) is 0 Å². The van der Waals surface area contributed by atoms with Gasteiger partial charge in [0.2, 0.25) is 0 Å². The maximum atomic E-state index is 9.39. The summed E-state index contributed by atoms with van der Waals surface area (Å²) in [6, 6.07) is 6.08. The molecule has 1 atom stereocenters. The first-order valence-corrected chi connectivity index (χ1v) is 7.74. The summed E-state index contributed by atoms with van der Waals surface area (Å²) in [6.45, 7) is 0.234. The molecule has 1 N–H and O–H groups in total. The number of aliphatic hydroxyl groups is 1. The zero-order valence-electron chi connectivity index (χ0n) is 12.2. The van der Waals surface area contributed by atoms with Crippen LogP contribution >= 0.6 is 0 Å². The van der Waals surface area contributed by atoms with E-state index in [1.807, 2.05) is 12.1 Å². The van der Waals surface area contributed by atoms with E-state index >= 15 is 0 Å². The molecule has 1 aliphatic heterocycles. The zero-order chi connectivity index (χ0) is 14.0. The molecule has 3 heteroatoms. The van der Waals surface area contributed by atoms with Crippen molar-refractivity contribution in [1.29, 1.82) is 0 Å². The minimum Gasteiger partial charge on any atom is -0.497 e. The lowest BCUT2D eigenvalue weighted by atomic mass is 9.74. The Labute approximate surface area is 120 Å². The average Bonchev–Trinajstić information content (AvgIpc) is 2.48. The average molecular weight is 276 g/mol. The van der Waals surface area contributed by atoms with Crippen LogP contribution in [0, 0.1) is 0 Å². The van der Waals surface area contributed by atoms with Crippen LogP contribution in [0.3, 0.4) is 0 Å². The number of benzene rings is 1. The second-order valence-electron chi connectivity index (χ2n) is 6.16. The highest BCUT2D eigenvalue weighted by molar-refractivity contribution is 5.44. The van der Waals surface area contributed by atoms with Crippen LogP contribution < -0.4 is 9.47 Å². The lowest BCUT2D eigenvalue weighted by Gasteiger charge is -2.44. The van der Waals surface area contributed by atoms with Crippen LogP contribution in [0.2, 0.25) is 0 Å². The highest BCUT2D eigenvalue weighted by Crippen LogP contribution is 2.48. The molecule has 110 valence electrons. The molecule has 1 aromatic carbocycles. The van der Waals surface area contributed by atoms with Crippen LogP contribution in [0.5, 0.6) is 11.5 Å². The van der Waals surface area contributed by atoms with E-state index in [-0.39, 0.29) is 12.2 Å². The predicted octanol–water partition coefficient (Wildman–Crippen LogP) is 3.65. The van der Waals surface area contributed by atoms with Crippen LogP contribution in [0.25, 0.3) is 0 Å². The Morgan fingerprint density at radius 2 is 2.10 bits per heavy atom. The quantitative estimate of drug-likeness (QED) is 0.916. The Kier molecular flexibility index (Phi) is 3.88. The van der Waals surface area contributed by atoms with E-state index in [2.05, 4.69) is 6.07 Å². The molecule has 0 saturated heterocycles. The van der Waals surface area contributed by atoms with Gasteiger partial charge in [0.1, 0.15) is 17.1 Å². The van der Waals surface area contributed by atoms with E-state index in [0.717, 1.165) is 37.2 Å². The molecule has 2 aliphatic rings. The number of fused-ring (bicyclic) bond motifs is 1. The van der Waals surface area contributed by atoms with Gasteiger partial charge in [0, 0.05) is 12.2 Å². The summed E-state index contributed by atoms with van der Waals surface area (Å²) >= 11 is 0. The number of hydrogen-bond donors (Lipinski definition) is 1. The lowest BCUT2D eigenvalue weighted by molar-refractivity contribution is -0.00132. The van der Waals surface area contributed by atoms with Crippen LogP contribution in [0.15, 0.2) is 18.2 Å². The highest BCUT2D eigenvalue weighted by Gasteiger charge is 2.41. The van der Waals surface area contributed by atoms with Crippen molar-refractivity contribution < 1.29 is 14.6 Å². The fourth-order valence-electron chi connectivity index (χ4n) is 3.82. The summed E-state index contributed by atoms with van der Waals surface area (Å²) in [5, 5.41) is 9.39. The van der Waals surface area contributed by atoms with Gasteiger partial charge in [0.15, 0.2) is 0 Å². The molecule has 1 heterocycles. The molecule has 0 bridgehead atoms. The van der Waals surface area contributed by atoms with Gasteiger partial charge in [-0.1, -0.05) is 6.42 Å². The molecule has 1 spiro atoms. The van der Waals surface area contributed by atoms with Crippen LogP contribution in [-0.4, -0.2) is 24.4 Å². The second-order valence-corrected chi connectivity index (χ2v) is 6.16. The third-order valence-electron chi connectivity index (χ3n) is 4.84. The molecule has 0 aromatic heterocycles. The van der Waals surface area contributed by atoms with Crippen molar-refractivity contribution in [1.82, 2.24) is 0 Å². The molecular weight excluding hydrogens is 252 g/mol. The normalized spacial score (nSPS) is 24.0. The second kappa shape index (κ2) is 5.65. The molecular formula is C17H24O3. The summed E-state index contributed by atoms with van der Waals surface area (Å²) < 4.78 is 11.7. The summed E-state index contributed by atoms with van der Waals surface area (Å²) in [7, 11) is 1.69. The van der Waals surface area contributed by atoms with Gasteiger partial charge in [-0.05, 0) is 62.6 Å². The Bertz CT molecular complexity index is 463. The van der Waals surface area contributed by atoms with Gasteiger partial charge in [-0.25, -0.2) is 0 Å². The minimum atomic E-state index is 0.0136. The monoisotopic (exact) mass is 276 g/mol. The Morgan fingerprint density at radius 3 is 2.80 bits per heavy atom. The lowest BCUT2D eigenvalue weighted by Crippen LogP contribution is -2.42. The number of ether oxygens (including phenoxy) is 2. The first-order valence-electron chi connectivity index (χ1n) is 7.74. The van der Waals surface area contributed by atoms with E-state index in [1.165, 1.54) is 24.8 Å². The summed E-state index contributed by atoms with van der Waals surface area (Å²) in [6.07, 6.45) is 8.00. The molecule has 3 rings (SSSR count). The van der Waals surface area contributed by atoms with Gasteiger partial charge in [0.25, 0.3) is 0 Å². The standard InChI is InChI=1S/C17H24O3/c1-19-14-5-6-16-15(11-14)13(7-10-18)12-17(20-16)8-3-2-4-9-17/h5-6,11,13,18H,2-4,7-10,12H2,1H3. The summed E-state index contributed by atoms with van der Waals surface area (Å²) in [5.74, 6) is 2.25. The molecule has 0 amide bonds. The van der Waals surface area contributed by atoms with Crippen molar-refractivity contribution in [2.75, 3.05) is 13.7 Å². The van der Waals surface area contributed by atoms with Gasteiger partial charge in [-0.15, -0.1) is 0 Å². The number of rotatable bonds is 3. The summed E-state index contributed by atoms with van der Waals surface area (Å²) in [4.78, 5) is 0. The van der Waals surface area contributed by atoms with Gasteiger partial charge in [-0.3, -0.25) is 0 Å². The predicted molar refractivity (Wildman–Crippen MR) is 78.5 cm³/mol. The largest absolute Gasteiger partial charge is 0.497 e. The Balaban J connectivity index is 1.93. The first-order chi connectivity index (χ1) is 9.76. The molecule has 1 unspecified atom stereocenters. The van der Waals surface area contributed by atoms with Gasteiger partial charge >= 0.3 is 0 Å². The molecule has 3 nitrogen and oxygen atoms in total. The van der Waals surface area contributed by atoms with Gasteiger partial charge in [-0.2, -0.15) is 0 Å². The SMILES string of the molecule is COc1ccc2c(c1)C(CCO)CC1(CCCCC1)O2. The number of methoxy groups -OCH3 is 1. The van der Waals surface area contributed by atoms with Crippen molar-refractivity contribution in [3.63, 3.8) is 0 Å². The molecule has 0 radical (unpaired) electrons. The van der Waals surface area contributed by atoms with Crippen molar-refractivity contribution in [3.8, 4) is 11.5 Å². The maximum Gasteiger partial charge on any atom is 0.123 e. The van der Waals surface area contributed by atoms with Crippen molar-refractivity contribution >= 4 is 0 Å². The van der Waals surface area contributed by atoms with Crippen molar-refractivity contribution in [2.45, 2.75) is 56.5 Å². The molecule has 1 saturated carbocycles. The van der Waals surface area contributed by atoms with Crippen LogP contribution in [0.1, 0.15) is 56.4 Å². The fraction of sp³-hybridized carbons (Fsp3) is 0.647. The summed E-state index contributed by atoms with van der Waals surface area (Å²) in [5.41, 5.74) is 1.22. The Hall–Kier alpha value is -1.22. The van der Waals surface area contributed by atoms with Crippen molar-refractivity contribution in [3.05, 3.63) is 23.8 Å². The maximum absolute atomic E-state index is 9.39. The van der Waals surface area contributed by atoms with E-state index in [9.17, 15) is 5.11 Å². The van der Waals surface area contributed by atoms with Crippen LogP contribution in [0.4, 0.5) is 0 Å². The third-order valence-corrected chi connectivity index (χ3v) is 4.84. The zero-order valence-corrected chi connectivity index (χ0v) is 12.2. The van der Waals surface area contributed by atoms with Crippen molar-refractivity contribution in [2.24, 2.45) is 0 Å². The Morgan fingerprint density at radius 1 is 1.30 bits per heavy atom. The van der Waals surface area contributed by atoms with Gasteiger partial charge < -0.3 is 14.6 Å². The fourth-order valence-corrected chi connectivity index (χ4v) is 3.82. The first kappa shape index (κ1) is 13.7. The van der Waals surface area contributed by atoms with E-state index < -0.39 is 0 Å². The molecule has 20 heavy (non-hydrogen) atoms. The van der Waals surface area contributed by atoms with E-state index in [0.29, 0.717) is 5.92 Å². The smallest absolute Gasteiger partial charge is 0.123 e. The topological polar surface area (TPSA) is 38.7 Å². The third kappa shape index (κ3) is 2.51. The van der Waals surface area contributed by atoms with Gasteiger partial charge in [0.05, 0.1) is 7.11 Å². The molecule has 1 aromatic rings.